The summed E-state index contributed by atoms with van der Waals surface area (Å²) in [6.07, 6.45) is -2.38. The van der Waals surface area contributed by atoms with Crippen molar-refractivity contribution in [3.8, 4) is 11.1 Å². The molecule has 0 unspecified atom stereocenters. The fourth-order valence-electron chi connectivity index (χ4n) is 3.97. The summed E-state index contributed by atoms with van der Waals surface area (Å²) in [6.45, 7) is 0. The third-order valence-corrected chi connectivity index (χ3v) is 5.77. The smallest absolute Gasteiger partial charge is 0.382 e. The van der Waals surface area contributed by atoms with Crippen LogP contribution in [0.15, 0.2) is 54.6 Å². The second-order valence-electron chi connectivity index (χ2n) is 8.28. The number of fused-ring (bicyclic) bond motifs is 1. The Hall–Kier alpha value is -4.08. The van der Waals surface area contributed by atoms with Gasteiger partial charge in [0, 0.05) is 24.3 Å². The van der Waals surface area contributed by atoms with Crippen molar-refractivity contribution in [1.82, 2.24) is 14.8 Å². The number of nitrogens with zero attached hydrogens (tertiary/aromatic N) is 3. The number of aryl methyl sites for hydroxylation is 1. The van der Waals surface area contributed by atoms with Gasteiger partial charge in [-0.1, -0.05) is 24.3 Å². The van der Waals surface area contributed by atoms with Crippen molar-refractivity contribution in [3.05, 3.63) is 65.9 Å². The first-order valence-corrected chi connectivity index (χ1v) is 10.7. The van der Waals surface area contributed by atoms with E-state index in [-0.39, 0.29) is 5.69 Å². The number of benzene rings is 2. The molecule has 5 rings (SSSR count). The van der Waals surface area contributed by atoms with Crippen LogP contribution in [0.1, 0.15) is 30.0 Å². The molecule has 0 radical (unpaired) electrons. The highest BCUT2D eigenvalue weighted by molar-refractivity contribution is 6.02. The fraction of sp³-hybridized carbons (Fsp3) is 0.208. The summed E-state index contributed by atoms with van der Waals surface area (Å²) in [7, 11) is 1.80. The summed E-state index contributed by atoms with van der Waals surface area (Å²) in [5.74, 6) is 0.816. The molecule has 4 N–H and O–H groups in total. The van der Waals surface area contributed by atoms with Gasteiger partial charge in [-0.3, -0.25) is 0 Å². The number of carbonyl (C=O) groups is 1. The summed E-state index contributed by atoms with van der Waals surface area (Å²) in [5.41, 5.74) is 8.81. The largest absolute Gasteiger partial charge is 0.418 e. The van der Waals surface area contributed by atoms with Gasteiger partial charge in [-0.25, -0.2) is 14.5 Å². The molecule has 4 aromatic rings. The van der Waals surface area contributed by atoms with Crippen molar-refractivity contribution in [2.24, 2.45) is 7.05 Å². The number of hydrogen-bond acceptors (Lipinski definition) is 4. The number of aromatic nitrogens is 3. The van der Waals surface area contributed by atoms with Crippen molar-refractivity contribution in [2.75, 3.05) is 16.4 Å². The molecule has 1 aliphatic carbocycles. The fourth-order valence-corrected chi connectivity index (χ4v) is 3.97. The van der Waals surface area contributed by atoms with E-state index in [4.69, 9.17) is 10.7 Å². The molecule has 0 saturated heterocycles. The molecule has 1 fully saturated rings. The Morgan fingerprint density at radius 3 is 2.47 bits per heavy atom. The highest BCUT2D eigenvalue weighted by Gasteiger charge is 2.33. The van der Waals surface area contributed by atoms with Crippen molar-refractivity contribution in [3.63, 3.8) is 0 Å². The first kappa shape index (κ1) is 21.7. The standard InChI is InChI=1S/C24H21F3N6O/c1-33-22-20(21(28)32-33)16(12-19(30-22)14-6-7-14)13-8-10-15(11-9-13)29-23(34)31-18-5-3-2-4-17(18)24(25,26)27/h2-5,8-12,14H,6-7H2,1H3,(H2,28,32)(H2,29,31,34). The van der Waals surface area contributed by atoms with E-state index in [2.05, 4.69) is 15.7 Å². The second kappa shape index (κ2) is 8.05. The molecule has 2 amide bonds. The predicted octanol–water partition coefficient (Wildman–Crippen LogP) is 5.76. The number of anilines is 3. The first-order chi connectivity index (χ1) is 16.2. The molecule has 0 bridgehead atoms. The number of hydrogen-bond donors (Lipinski definition) is 3. The summed E-state index contributed by atoms with van der Waals surface area (Å²) < 4.78 is 41.2. The summed E-state index contributed by atoms with van der Waals surface area (Å²) in [5, 5.41) is 9.90. The molecule has 10 heteroatoms. The number of rotatable bonds is 4. The maximum Gasteiger partial charge on any atom is 0.418 e. The normalized spacial score (nSPS) is 13.8. The van der Waals surface area contributed by atoms with Crippen LogP contribution in [0, 0.1) is 0 Å². The van der Waals surface area contributed by atoms with E-state index in [9.17, 15) is 18.0 Å². The van der Waals surface area contributed by atoms with Crippen molar-refractivity contribution >= 4 is 34.3 Å². The number of alkyl halides is 3. The predicted molar refractivity (Wildman–Crippen MR) is 124 cm³/mol. The lowest BCUT2D eigenvalue weighted by molar-refractivity contribution is -0.136. The zero-order valence-electron chi connectivity index (χ0n) is 18.1. The highest BCUT2D eigenvalue weighted by atomic mass is 19.4. The molecule has 1 aliphatic rings. The van der Waals surface area contributed by atoms with Gasteiger partial charge >= 0.3 is 12.2 Å². The van der Waals surface area contributed by atoms with Crippen molar-refractivity contribution in [1.29, 1.82) is 0 Å². The van der Waals surface area contributed by atoms with Crippen LogP contribution in [0.4, 0.5) is 35.2 Å². The van der Waals surface area contributed by atoms with Gasteiger partial charge in [-0.2, -0.15) is 18.3 Å². The third kappa shape index (κ3) is 4.14. The average molecular weight is 466 g/mol. The minimum Gasteiger partial charge on any atom is -0.382 e. The number of pyridine rings is 1. The van der Waals surface area contributed by atoms with E-state index in [1.165, 1.54) is 18.2 Å². The number of urea groups is 1. The van der Waals surface area contributed by atoms with Gasteiger partial charge in [-0.15, -0.1) is 0 Å². The molecule has 7 nitrogen and oxygen atoms in total. The lowest BCUT2D eigenvalue weighted by atomic mass is 10.0. The Bertz CT molecular complexity index is 1390. The first-order valence-electron chi connectivity index (χ1n) is 10.7. The molecule has 34 heavy (non-hydrogen) atoms. The zero-order valence-corrected chi connectivity index (χ0v) is 18.1. The van der Waals surface area contributed by atoms with Gasteiger partial charge in [-0.05, 0) is 54.3 Å². The van der Waals surface area contributed by atoms with Crippen LogP contribution >= 0.6 is 0 Å². The van der Waals surface area contributed by atoms with Crippen LogP contribution in [0.3, 0.4) is 0 Å². The molecular formula is C24H21F3N6O. The summed E-state index contributed by atoms with van der Waals surface area (Å²) in [4.78, 5) is 17.1. The molecule has 0 atom stereocenters. The lowest BCUT2D eigenvalue weighted by Crippen LogP contribution is -2.21. The number of halogens is 3. The minimum absolute atomic E-state index is 0.317. The maximum atomic E-state index is 13.2. The number of nitrogen functional groups attached to an aromatic ring is 1. The molecule has 0 spiro atoms. The average Bonchev–Trinajstić information content (AvgIpc) is 3.59. The molecule has 0 aliphatic heterocycles. The van der Waals surface area contributed by atoms with Crippen LogP contribution in [0.5, 0.6) is 0 Å². The number of carbonyl (C=O) groups excluding carboxylic acids is 1. The van der Waals surface area contributed by atoms with Crippen LogP contribution in [0.25, 0.3) is 22.2 Å². The van der Waals surface area contributed by atoms with Crippen LogP contribution in [-0.2, 0) is 13.2 Å². The van der Waals surface area contributed by atoms with E-state index in [0.29, 0.717) is 23.1 Å². The van der Waals surface area contributed by atoms with E-state index in [0.717, 1.165) is 41.1 Å². The summed E-state index contributed by atoms with van der Waals surface area (Å²) >= 11 is 0. The Balaban J connectivity index is 1.39. The Kier molecular flexibility index (Phi) is 5.15. The van der Waals surface area contributed by atoms with Gasteiger partial charge in [0.05, 0.1) is 16.6 Å². The molecular weight excluding hydrogens is 445 g/mol. The Morgan fingerprint density at radius 1 is 1.09 bits per heavy atom. The topological polar surface area (TPSA) is 97.9 Å². The number of nitrogens with two attached hydrogens (primary N) is 1. The Morgan fingerprint density at radius 2 is 1.79 bits per heavy atom. The maximum absolute atomic E-state index is 13.2. The minimum atomic E-state index is -4.57. The SMILES string of the molecule is Cn1nc(N)c2c(-c3ccc(NC(=O)Nc4ccccc4C(F)(F)F)cc3)cc(C3CC3)nc21. The third-order valence-electron chi connectivity index (χ3n) is 5.77. The lowest BCUT2D eigenvalue weighted by Gasteiger charge is -2.14. The van der Waals surface area contributed by atoms with Crippen LogP contribution < -0.4 is 16.4 Å². The van der Waals surface area contributed by atoms with Gasteiger partial charge in [0.15, 0.2) is 11.5 Å². The van der Waals surface area contributed by atoms with E-state index >= 15 is 0 Å². The van der Waals surface area contributed by atoms with E-state index in [1.54, 1.807) is 23.9 Å². The monoisotopic (exact) mass is 466 g/mol. The number of amides is 2. The van der Waals surface area contributed by atoms with E-state index in [1.807, 2.05) is 18.2 Å². The molecule has 174 valence electrons. The molecule has 2 aromatic heterocycles. The quantitative estimate of drug-likeness (QED) is 0.356. The van der Waals surface area contributed by atoms with Crippen LogP contribution in [-0.4, -0.2) is 20.8 Å². The second-order valence-corrected chi connectivity index (χ2v) is 8.28. The highest BCUT2D eigenvalue weighted by Crippen LogP contribution is 2.42. The van der Waals surface area contributed by atoms with Crippen molar-refractivity contribution in [2.45, 2.75) is 24.9 Å². The summed E-state index contributed by atoms with van der Waals surface area (Å²) in [6, 6.07) is 13.1. The Labute approximate surface area is 192 Å². The van der Waals surface area contributed by atoms with Crippen LogP contribution in [0.2, 0.25) is 0 Å². The van der Waals surface area contributed by atoms with Gasteiger partial charge in [0.1, 0.15) is 0 Å². The van der Waals surface area contributed by atoms with Crippen molar-refractivity contribution < 1.29 is 18.0 Å². The molecule has 2 heterocycles. The van der Waals surface area contributed by atoms with Gasteiger partial charge < -0.3 is 16.4 Å². The molecule has 2 aromatic carbocycles. The zero-order chi connectivity index (χ0) is 24.0. The van der Waals surface area contributed by atoms with E-state index < -0.39 is 17.8 Å². The van der Waals surface area contributed by atoms with Gasteiger partial charge in [0.2, 0.25) is 0 Å². The number of nitrogens with one attached hydrogen (secondary N) is 2. The molecule has 1 saturated carbocycles. The number of para-hydroxylation sites is 1. The van der Waals surface area contributed by atoms with Gasteiger partial charge in [0.25, 0.3) is 0 Å².